The normalized spacial score (nSPS) is 12.1. The molecule has 94 valence electrons. The van der Waals surface area contributed by atoms with E-state index in [1.54, 1.807) is 23.5 Å². The average Bonchev–Trinajstić information content (AvgIpc) is 2.82. The molecular weight excluding hydrogens is 246 g/mol. The Kier molecular flexibility index (Phi) is 3.94. The first kappa shape index (κ1) is 12.6. The predicted octanol–water partition coefficient (Wildman–Crippen LogP) is 2.09. The smallest absolute Gasteiger partial charge is 0.253 e. The number of nitrogen functional groups attached to an aromatic ring is 1. The van der Waals surface area contributed by atoms with Gasteiger partial charge < -0.3 is 11.1 Å². The van der Waals surface area contributed by atoms with Crippen molar-refractivity contribution in [1.82, 2.24) is 10.3 Å². The molecule has 0 aliphatic heterocycles. The maximum absolute atomic E-state index is 11.9. The Morgan fingerprint density at radius 2 is 2.33 bits per heavy atom. The van der Waals surface area contributed by atoms with Crippen molar-refractivity contribution in [2.24, 2.45) is 0 Å². The molecule has 0 aliphatic carbocycles. The van der Waals surface area contributed by atoms with Crippen molar-refractivity contribution in [1.29, 1.82) is 0 Å². The van der Waals surface area contributed by atoms with E-state index in [9.17, 15) is 4.79 Å². The van der Waals surface area contributed by atoms with E-state index < -0.39 is 0 Å². The molecule has 2 rings (SSSR count). The summed E-state index contributed by atoms with van der Waals surface area (Å²) in [6.45, 7) is 1.99. The first-order valence-corrected chi connectivity index (χ1v) is 6.63. The van der Waals surface area contributed by atoms with Crippen LogP contribution in [-0.4, -0.2) is 16.9 Å². The number of nitrogens with zero attached hydrogens (tertiary/aromatic N) is 1. The number of aromatic nitrogens is 1. The van der Waals surface area contributed by atoms with E-state index in [1.165, 1.54) is 11.8 Å². The molecule has 4 nitrogen and oxygen atoms in total. The zero-order chi connectivity index (χ0) is 13.0. The largest absolute Gasteiger partial charge is 0.384 e. The van der Waals surface area contributed by atoms with Gasteiger partial charge in [-0.25, -0.2) is 4.98 Å². The Labute approximate surface area is 110 Å². The van der Waals surface area contributed by atoms with Crippen LogP contribution < -0.4 is 11.1 Å². The molecule has 2 aromatic rings. The third-order valence-corrected chi connectivity index (χ3v) is 3.28. The van der Waals surface area contributed by atoms with E-state index in [-0.39, 0.29) is 11.9 Å². The number of pyridine rings is 1. The first-order valence-electron chi connectivity index (χ1n) is 5.68. The van der Waals surface area contributed by atoms with Crippen LogP contribution in [0.4, 0.5) is 5.82 Å². The second-order valence-corrected chi connectivity index (χ2v) is 4.96. The van der Waals surface area contributed by atoms with Crippen molar-refractivity contribution in [2.75, 3.05) is 5.73 Å². The van der Waals surface area contributed by atoms with Crippen LogP contribution in [0.5, 0.6) is 0 Å². The number of nitrogens with two attached hydrogens (primary N) is 1. The molecule has 0 spiro atoms. The van der Waals surface area contributed by atoms with Crippen LogP contribution in [0.2, 0.25) is 0 Å². The lowest BCUT2D eigenvalue weighted by atomic mass is 10.1. The van der Waals surface area contributed by atoms with Crippen LogP contribution >= 0.6 is 11.3 Å². The van der Waals surface area contributed by atoms with Gasteiger partial charge in [-0.1, -0.05) is 0 Å². The Bertz CT molecular complexity index is 508. The van der Waals surface area contributed by atoms with Crippen LogP contribution in [0.1, 0.15) is 22.8 Å². The highest BCUT2D eigenvalue weighted by atomic mass is 32.1. The van der Waals surface area contributed by atoms with Crippen LogP contribution in [0.25, 0.3) is 0 Å². The van der Waals surface area contributed by atoms with E-state index in [2.05, 4.69) is 21.7 Å². The summed E-state index contributed by atoms with van der Waals surface area (Å²) in [6, 6.07) is 5.45. The Morgan fingerprint density at radius 3 is 2.94 bits per heavy atom. The average molecular weight is 261 g/mol. The number of hydrogen-bond acceptors (Lipinski definition) is 4. The number of amides is 1. The van der Waals surface area contributed by atoms with Crippen molar-refractivity contribution in [3.05, 3.63) is 46.3 Å². The number of hydrogen-bond donors (Lipinski definition) is 2. The highest BCUT2D eigenvalue weighted by Gasteiger charge is 2.10. The van der Waals surface area contributed by atoms with Gasteiger partial charge in [0.25, 0.3) is 5.91 Å². The van der Waals surface area contributed by atoms with Crippen LogP contribution in [0.15, 0.2) is 35.2 Å². The lowest BCUT2D eigenvalue weighted by molar-refractivity contribution is 0.0940. The molecule has 0 saturated heterocycles. The Morgan fingerprint density at radius 1 is 1.50 bits per heavy atom. The van der Waals surface area contributed by atoms with Crippen molar-refractivity contribution >= 4 is 23.1 Å². The number of carbonyl (C=O) groups excluding carboxylic acids is 1. The molecule has 0 aliphatic rings. The van der Waals surface area contributed by atoms with Gasteiger partial charge in [-0.2, -0.15) is 11.3 Å². The van der Waals surface area contributed by atoms with Gasteiger partial charge in [0.05, 0.1) is 5.56 Å². The number of nitrogens with one attached hydrogen (secondary N) is 1. The summed E-state index contributed by atoms with van der Waals surface area (Å²) in [6.07, 6.45) is 2.32. The van der Waals surface area contributed by atoms with Gasteiger partial charge in [0.1, 0.15) is 5.82 Å². The second kappa shape index (κ2) is 5.64. The number of thiophene rings is 1. The SMILES string of the molecule is CC(Cc1ccsc1)NC(=O)c1ccc(N)nc1. The molecule has 2 heterocycles. The maximum Gasteiger partial charge on any atom is 0.253 e. The standard InChI is InChI=1S/C13H15N3OS/c1-9(6-10-4-5-18-8-10)16-13(17)11-2-3-12(14)15-7-11/h2-5,7-9H,6H2,1H3,(H2,14,15)(H,16,17). The van der Waals surface area contributed by atoms with E-state index in [0.717, 1.165) is 6.42 Å². The molecule has 0 radical (unpaired) electrons. The second-order valence-electron chi connectivity index (χ2n) is 4.18. The van der Waals surface area contributed by atoms with Crippen LogP contribution in [0.3, 0.4) is 0 Å². The minimum Gasteiger partial charge on any atom is -0.384 e. The number of carbonyl (C=O) groups is 1. The summed E-state index contributed by atoms with van der Waals surface area (Å²) < 4.78 is 0. The van der Waals surface area contributed by atoms with E-state index in [0.29, 0.717) is 11.4 Å². The number of anilines is 1. The summed E-state index contributed by atoms with van der Waals surface area (Å²) in [5, 5.41) is 7.06. The van der Waals surface area contributed by atoms with Gasteiger partial charge in [-0.05, 0) is 47.9 Å². The van der Waals surface area contributed by atoms with E-state index >= 15 is 0 Å². The topological polar surface area (TPSA) is 68.0 Å². The molecule has 3 N–H and O–H groups in total. The molecule has 0 fully saturated rings. The summed E-state index contributed by atoms with van der Waals surface area (Å²) in [5.74, 6) is 0.295. The molecule has 1 amide bonds. The quantitative estimate of drug-likeness (QED) is 0.885. The van der Waals surface area contributed by atoms with Crippen molar-refractivity contribution < 1.29 is 4.79 Å². The van der Waals surface area contributed by atoms with Crippen molar-refractivity contribution in [3.8, 4) is 0 Å². The fourth-order valence-electron chi connectivity index (χ4n) is 1.66. The third-order valence-electron chi connectivity index (χ3n) is 2.55. The zero-order valence-electron chi connectivity index (χ0n) is 10.1. The Balaban J connectivity index is 1.92. The van der Waals surface area contributed by atoms with Gasteiger partial charge in [0.2, 0.25) is 0 Å². The Hall–Kier alpha value is -1.88. The highest BCUT2D eigenvalue weighted by Crippen LogP contribution is 2.09. The summed E-state index contributed by atoms with van der Waals surface area (Å²) in [5.41, 5.74) is 7.24. The lowest BCUT2D eigenvalue weighted by Crippen LogP contribution is -2.34. The van der Waals surface area contributed by atoms with Crippen molar-refractivity contribution in [3.63, 3.8) is 0 Å². The lowest BCUT2D eigenvalue weighted by Gasteiger charge is -2.13. The van der Waals surface area contributed by atoms with Gasteiger partial charge in [0, 0.05) is 12.2 Å². The molecule has 0 aromatic carbocycles. The minimum atomic E-state index is -0.120. The molecule has 0 bridgehead atoms. The molecule has 5 heteroatoms. The van der Waals surface area contributed by atoms with Gasteiger partial charge in [-0.3, -0.25) is 4.79 Å². The van der Waals surface area contributed by atoms with Gasteiger partial charge >= 0.3 is 0 Å². The summed E-state index contributed by atoms with van der Waals surface area (Å²) >= 11 is 1.66. The third kappa shape index (κ3) is 3.30. The molecule has 1 atom stereocenters. The first-order chi connectivity index (χ1) is 8.65. The maximum atomic E-state index is 11.9. The zero-order valence-corrected chi connectivity index (χ0v) is 10.9. The van der Waals surface area contributed by atoms with E-state index in [1.807, 2.05) is 12.3 Å². The predicted molar refractivity (Wildman–Crippen MR) is 73.6 cm³/mol. The molecule has 1 unspecified atom stereocenters. The molecular formula is C13H15N3OS. The van der Waals surface area contributed by atoms with Crippen LogP contribution in [0, 0.1) is 0 Å². The molecule has 18 heavy (non-hydrogen) atoms. The van der Waals surface area contributed by atoms with Gasteiger partial charge in [0.15, 0.2) is 0 Å². The monoisotopic (exact) mass is 261 g/mol. The minimum absolute atomic E-state index is 0.0876. The van der Waals surface area contributed by atoms with Crippen LogP contribution in [-0.2, 0) is 6.42 Å². The fraction of sp³-hybridized carbons (Fsp3) is 0.231. The van der Waals surface area contributed by atoms with Gasteiger partial charge in [-0.15, -0.1) is 0 Å². The van der Waals surface area contributed by atoms with Crippen molar-refractivity contribution in [2.45, 2.75) is 19.4 Å². The summed E-state index contributed by atoms with van der Waals surface area (Å²) in [7, 11) is 0. The summed E-state index contributed by atoms with van der Waals surface area (Å²) in [4.78, 5) is 15.8. The van der Waals surface area contributed by atoms with E-state index in [4.69, 9.17) is 5.73 Å². The number of rotatable bonds is 4. The highest BCUT2D eigenvalue weighted by molar-refractivity contribution is 7.07. The molecule has 2 aromatic heterocycles. The molecule has 0 saturated carbocycles. The fourth-order valence-corrected chi connectivity index (χ4v) is 2.34.